The van der Waals surface area contributed by atoms with Crippen LogP contribution >= 0.6 is 0 Å². The zero-order valence-electron chi connectivity index (χ0n) is 9.96. The van der Waals surface area contributed by atoms with Gasteiger partial charge in [0.1, 0.15) is 6.26 Å². The lowest BCUT2D eigenvalue weighted by atomic mass is 10.2. The maximum absolute atomic E-state index is 11.7. The SMILES string of the molecule is O=C(O)c1coc(C(=O)NCC2CCCS2(=O)=O)c1. The predicted octanol–water partition coefficient (Wildman–Crippen LogP) is 0.285. The quantitative estimate of drug-likeness (QED) is 0.822. The molecule has 2 rings (SSSR count). The smallest absolute Gasteiger partial charge is 0.338 e. The molecule has 1 fully saturated rings. The van der Waals surface area contributed by atoms with Crippen molar-refractivity contribution in [3.8, 4) is 0 Å². The second-order valence-electron chi connectivity index (χ2n) is 4.35. The van der Waals surface area contributed by atoms with Crippen molar-refractivity contribution in [2.24, 2.45) is 0 Å². The van der Waals surface area contributed by atoms with E-state index in [1.807, 2.05) is 0 Å². The minimum atomic E-state index is -3.11. The molecule has 1 amide bonds. The van der Waals surface area contributed by atoms with Crippen LogP contribution < -0.4 is 5.32 Å². The van der Waals surface area contributed by atoms with E-state index < -0.39 is 27.0 Å². The van der Waals surface area contributed by atoms with E-state index in [2.05, 4.69) is 5.32 Å². The molecule has 0 aliphatic carbocycles. The molecule has 0 bridgehead atoms. The van der Waals surface area contributed by atoms with Gasteiger partial charge in [0.2, 0.25) is 0 Å². The summed E-state index contributed by atoms with van der Waals surface area (Å²) in [6, 6.07) is 1.10. The van der Waals surface area contributed by atoms with Gasteiger partial charge in [0.25, 0.3) is 5.91 Å². The standard InChI is InChI=1S/C11H13NO6S/c13-10(9-4-7(6-18-9)11(14)15)12-5-8-2-1-3-19(8,16)17/h4,6,8H,1-3,5H2,(H,12,13)(H,14,15). The fraction of sp³-hybridized carbons (Fsp3) is 0.455. The van der Waals surface area contributed by atoms with Gasteiger partial charge in [-0.2, -0.15) is 0 Å². The maximum atomic E-state index is 11.7. The average Bonchev–Trinajstić information content (AvgIpc) is 2.92. The number of carboxylic acid groups (broad SMARTS) is 1. The van der Waals surface area contributed by atoms with Gasteiger partial charge >= 0.3 is 5.97 Å². The van der Waals surface area contributed by atoms with Crippen LogP contribution in [0.4, 0.5) is 0 Å². The number of rotatable bonds is 4. The minimum Gasteiger partial charge on any atom is -0.478 e. The normalized spacial score (nSPS) is 21.2. The largest absolute Gasteiger partial charge is 0.478 e. The molecule has 0 saturated carbocycles. The Morgan fingerprint density at radius 3 is 2.74 bits per heavy atom. The van der Waals surface area contributed by atoms with Crippen LogP contribution in [0.2, 0.25) is 0 Å². The van der Waals surface area contributed by atoms with Crippen LogP contribution in [0.3, 0.4) is 0 Å². The Hall–Kier alpha value is -1.83. The highest BCUT2D eigenvalue weighted by molar-refractivity contribution is 7.92. The number of carbonyl (C=O) groups excluding carboxylic acids is 1. The molecule has 7 nitrogen and oxygen atoms in total. The van der Waals surface area contributed by atoms with Crippen molar-refractivity contribution < 1.29 is 27.5 Å². The van der Waals surface area contributed by atoms with Crippen molar-refractivity contribution in [1.82, 2.24) is 5.32 Å². The van der Waals surface area contributed by atoms with Crippen LogP contribution in [0.1, 0.15) is 33.8 Å². The van der Waals surface area contributed by atoms with E-state index in [9.17, 15) is 18.0 Å². The van der Waals surface area contributed by atoms with E-state index in [1.165, 1.54) is 0 Å². The molecule has 0 spiro atoms. The van der Waals surface area contributed by atoms with E-state index in [-0.39, 0.29) is 23.6 Å². The third kappa shape index (κ3) is 2.95. The molecule has 2 heterocycles. The Morgan fingerprint density at radius 2 is 2.21 bits per heavy atom. The molecule has 1 aromatic rings. The van der Waals surface area contributed by atoms with E-state index in [1.54, 1.807) is 0 Å². The summed E-state index contributed by atoms with van der Waals surface area (Å²) in [6.45, 7) is 0.0181. The Labute approximate surface area is 109 Å². The van der Waals surface area contributed by atoms with Crippen LogP contribution in [0, 0.1) is 0 Å². The summed E-state index contributed by atoms with van der Waals surface area (Å²) in [5.74, 6) is -1.80. The highest BCUT2D eigenvalue weighted by atomic mass is 32.2. The molecule has 1 atom stereocenters. The van der Waals surface area contributed by atoms with Crippen LogP contribution in [0.5, 0.6) is 0 Å². The fourth-order valence-electron chi connectivity index (χ4n) is 1.95. The van der Waals surface area contributed by atoms with E-state index in [0.717, 1.165) is 12.3 Å². The van der Waals surface area contributed by atoms with E-state index in [0.29, 0.717) is 12.8 Å². The maximum Gasteiger partial charge on any atom is 0.338 e. The third-order valence-corrected chi connectivity index (χ3v) is 5.30. The van der Waals surface area contributed by atoms with Crippen molar-refractivity contribution in [3.63, 3.8) is 0 Å². The molecule has 8 heteroatoms. The van der Waals surface area contributed by atoms with Gasteiger partial charge < -0.3 is 14.8 Å². The van der Waals surface area contributed by atoms with Gasteiger partial charge in [-0.15, -0.1) is 0 Å². The molecule has 19 heavy (non-hydrogen) atoms. The number of carboxylic acids is 1. The first-order valence-electron chi connectivity index (χ1n) is 5.72. The molecule has 1 unspecified atom stereocenters. The molecule has 1 saturated heterocycles. The first kappa shape index (κ1) is 13.6. The Morgan fingerprint density at radius 1 is 1.47 bits per heavy atom. The van der Waals surface area contributed by atoms with Crippen LogP contribution in [-0.2, 0) is 9.84 Å². The summed E-state index contributed by atoms with van der Waals surface area (Å²) in [6.07, 6.45) is 2.09. The summed E-state index contributed by atoms with van der Waals surface area (Å²) in [5.41, 5.74) is -0.126. The highest BCUT2D eigenvalue weighted by Crippen LogP contribution is 2.19. The fourth-order valence-corrected chi connectivity index (χ4v) is 3.71. The Bertz CT molecular complexity index is 602. The van der Waals surface area contributed by atoms with Gasteiger partial charge in [0.05, 0.1) is 16.6 Å². The number of hydrogen-bond acceptors (Lipinski definition) is 5. The van der Waals surface area contributed by atoms with Crippen molar-refractivity contribution >= 4 is 21.7 Å². The van der Waals surface area contributed by atoms with E-state index >= 15 is 0 Å². The lowest BCUT2D eigenvalue weighted by Gasteiger charge is -2.09. The summed E-state index contributed by atoms with van der Waals surface area (Å²) < 4.78 is 27.9. The highest BCUT2D eigenvalue weighted by Gasteiger charge is 2.31. The monoisotopic (exact) mass is 287 g/mol. The number of nitrogens with one attached hydrogen (secondary N) is 1. The number of carbonyl (C=O) groups is 2. The summed E-state index contributed by atoms with van der Waals surface area (Å²) >= 11 is 0. The minimum absolute atomic E-state index is 0.0181. The summed E-state index contributed by atoms with van der Waals surface area (Å²) in [7, 11) is -3.11. The van der Waals surface area contributed by atoms with Gasteiger partial charge in [-0.3, -0.25) is 4.79 Å². The summed E-state index contributed by atoms with van der Waals surface area (Å²) in [5, 5.41) is 10.6. The zero-order valence-corrected chi connectivity index (χ0v) is 10.8. The van der Waals surface area contributed by atoms with Crippen LogP contribution in [0.15, 0.2) is 16.7 Å². The Kier molecular flexibility index (Phi) is 3.61. The second kappa shape index (κ2) is 5.04. The number of aromatic carboxylic acids is 1. The number of amides is 1. The number of hydrogen-bond donors (Lipinski definition) is 2. The lowest BCUT2D eigenvalue weighted by molar-refractivity contribution is 0.0695. The van der Waals surface area contributed by atoms with Gasteiger partial charge in [-0.05, 0) is 12.8 Å². The third-order valence-electron chi connectivity index (χ3n) is 3.02. The van der Waals surface area contributed by atoms with Crippen molar-refractivity contribution in [2.45, 2.75) is 18.1 Å². The molecule has 1 aliphatic rings. The van der Waals surface area contributed by atoms with Crippen LogP contribution in [-0.4, -0.2) is 42.9 Å². The molecule has 1 aliphatic heterocycles. The summed E-state index contributed by atoms with van der Waals surface area (Å²) in [4.78, 5) is 22.3. The van der Waals surface area contributed by atoms with Gasteiger partial charge in [-0.25, -0.2) is 13.2 Å². The molecule has 0 aromatic carbocycles. The van der Waals surface area contributed by atoms with Crippen molar-refractivity contribution in [3.05, 3.63) is 23.7 Å². The van der Waals surface area contributed by atoms with Crippen LogP contribution in [0.25, 0.3) is 0 Å². The van der Waals surface area contributed by atoms with Crippen molar-refractivity contribution in [1.29, 1.82) is 0 Å². The topological polar surface area (TPSA) is 114 Å². The number of sulfone groups is 1. The average molecular weight is 287 g/mol. The molecular weight excluding hydrogens is 274 g/mol. The second-order valence-corrected chi connectivity index (χ2v) is 6.75. The molecule has 104 valence electrons. The first-order chi connectivity index (χ1) is 8.90. The molecule has 2 N–H and O–H groups in total. The molecular formula is C11H13NO6S. The van der Waals surface area contributed by atoms with Gasteiger partial charge in [0.15, 0.2) is 15.6 Å². The van der Waals surface area contributed by atoms with Gasteiger partial charge in [-0.1, -0.05) is 0 Å². The van der Waals surface area contributed by atoms with Gasteiger partial charge in [0, 0.05) is 12.6 Å². The Balaban J connectivity index is 1.96. The van der Waals surface area contributed by atoms with E-state index in [4.69, 9.17) is 9.52 Å². The molecule has 0 radical (unpaired) electrons. The molecule has 1 aromatic heterocycles. The predicted molar refractivity (Wildman–Crippen MR) is 64.8 cm³/mol. The first-order valence-corrected chi connectivity index (χ1v) is 7.43. The van der Waals surface area contributed by atoms with Crippen molar-refractivity contribution in [2.75, 3.05) is 12.3 Å². The number of furan rings is 1. The zero-order chi connectivity index (χ0) is 14.0. The lowest BCUT2D eigenvalue weighted by Crippen LogP contribution is -2.34.